The highest BCUT2D eigenvalue weighted by atomic mass is 16.5. The first-order valence-corrected chi connectivity index (χ1v) is 6.22. The van der Waals surface area contributed by atoms with Crippen LogP contribution in [0.3, 0.4) is 0 Å². The summed E-state index contributed by atoms with van der Waals surface area (Å²) in [5.74, 6) is 1.23. The van der Waals surface area contributed by atoms with Gasteiger partial charge in [-0.25, -0.2) is 0 Å². The van der Waals surface area contributed by atoms with E-state index in [4.69, 9.17) is 10.5 Å². The molecule has 0 saturated heterocycles. The van der Waals surface area contributed by atoms with Crippen molar-refractivity contribution in [3.63, 3.8) is 0 Å². The molecule has 0 bridgehead atoms. The lowest BCUT2D eigenvalue weighted by Gasteiger charge is -2.21. The zero-order chi connectivity index (χ0) is 12.6. The predicted octanol–water partition coefficient (Wildman–Crippen LogP) is 2.26. The molecular formula is C14H21NO2. The van der Waals surface area contributed by atoms with Crippen molar-refractivity contribution in [3.05, 3.63) is 28.8 Å². The van der Waals surface area contributed by atoms with Crippen molar-refractivity contribution in [2.45, 2.75) is 45.3 Å². The summed E-state index contributed by atoms with van der Waals surface area (Å²) >= 11 is 0. The lowest BCUT2D eigenvalue weighted by Crippen LogP contribution is -2.28. The van der Waals surface area contributed by atoms with Crippen LogP contribution >= 0.6 is 0 Å². The third kappa shape index (κ3) is 2.17. The van der Waals surface area contributed by atoms with Gasteiger partial charge in [-0.05, 0) is 30.4 Å². The SMILES string of the molecule is Cc1ccc(C(C)C)c2c1C(O)C(N)CCO2. The van der Waals surface area contributed by atoms with Crippen LogP contribution in [0.1, 0.15) is 49.0 Å². The van der Waals surface area contributed by atoms with Crippen LogP contribution < -0.4 is 10.5 Å². The van der Waals surface area contributed by atoms with Crippen molar-refractivity contribution >= 4 is 0 Å². The van der Waals surface area contributed by atoms with Crippen molar-refractivity contribution in [2.24, 2.45) is 5.73 Å². The molecule has 2 unspecified atom stereocenters. The molecule has 0 fully saturated rings. The summed E-state index contributed by atoms with van der Waals surface area (Å²) in [7, 11) is 0. The second-order valence-corrected chi connectivity index (χ2v) is 5.12. The minimum absolute atomic E-state index is 0.239. The van der Waals surface area contributed by atoms with E-state index in [1.807, 2.05) is 13.0 Å². The number of hydrogen-bond acceptors (Lipinski definition) is 3. The summed E-state index contributed by atoms with van der Waals surface area (Å²) in [6.45, 7) is 6.83. The number of aliphatic hydroxyl groups is 1. The lowest BCUT2D eigenvalue weighted by molar-refractivity contribution is 0.144. The fraction of sp³-hybridized carbons (Fsp3) is 0.571. The molecule has 2 rings (SSSR count). The number of aryl methyl sites for hydroxylation is 1. The van der Waals surface area contributed by atoms with E-state index in [-0.39, 0.29) is 6.04 Å². The summed E-state index contributed by atoms with van der Waals surface area (Å²) in [5.41, 5.74) is 9.04. The average Bonchev–Trinajstić information content (AvgIpc) is 2.40. The Morgan fingerprint density at radius 2 is 2.12 bits per heavy atom. The van der Waals surface area contributed by atoms with E-state index >= 15 is 0 Å². The van der Waals surface area contributed by atoms with Crippen LogP contribution in [0.2, 0.25) is 0 Å². The molecule has 3 heteroatoms. The molecule has 0 saturated carbocycles. The highest BCUT2D eigenvalue weighted by molar-refractivity contribution is 5.49. The lowest BCUT2D eigenvalue weighted by atomic mass is 9.91. The molecule has 3 N–H and O–H groups in total. The van der Waals surface area contributed by atoms with Gasteiger partial charge >= 0.3 is 0 Å². The number of fused-ring (bicyclic) bond motifs is 1. The molecule has 0 aromatic heterocycles. The van der Waals surface area contributed by atoms with Crippen molar-refractivity contribution in [3.8, 4) is 5.75 Å². The maximum atomic E-state index is 10.3. The maximum Gasteiger partial charge on any atom is 0.128 e. The Balaban J connectivity index is 2.59. The number of rotatable bonds is 1. The number of aliphatic hydroxyl groups excluding tert-OH is 1. The summed E-state index contributed by atoms with van der Waals surface area (Å²) in [6, 6.07) is 3.89. The average molecular weight is 235 g/mol. The van der Waals surface area contributed by atoms with Gasteiger partial charge in [0.1, 0.15) is 5.75 Å². The molecule has 0 aliphatic carbocycles. The van der Waals surface area contributed by atoms with Crippen LogP contribution in [-0.4, -0.2) is 17.8 Å². The maximum absolute atomic E-state index is 10.3. The van der Waals surface area contributed by atoms with Crippen LogP contribution in [0.4, 0.5) is 0 Å². The van der Waals surface area contributed by atoms with E-state index < -0.39 is 6.10 Å². The summed E-state index contributed by atoms with van der Waals surface area (Å²) in [4.78, 5) is 0. The third-order valence-electron chi connectivity index (χ3n) is 3.47. The van der Waals surface area contributed by atoms with Crippen LogP contribution in [-0.2, 0) is 0 Å². The van der Waals surface area contributed by atoms with Gasteiger partial charge in [-0.3, -0.25) is 0 Å². The van der Waals surface area contributed by atoms with Gasteiger partial charge in [0.2, 0.25) is 0 Å². The Hall–Kier alpha value is -1.06. The molecule has 1 aromatic rings. The Morgan fingerprint density at radius 3 is 2.76 bits per heavy atom. The first-order chi connectivity index (χ1) is 8.02. The predicted molar refractivity (Wildman–Crippen MR) is 68.3 cm³/mol. The van der Waals surface area contributed by atoms with E-state index in [0.717, 1.165) is 22.4 Å². The first kappa shape index (κ1) is 12.4. The van der Waals surface area contributed by atoms with Gasteiger partial charge in [-0.15, -0.1) is 0 Å². The summed E-state index contributed by atoms with van der Waals surface area (Å²) in [5, 5.41) is 10.3. The van der Waals surface area contributed by atoms with Gasteiger partial charge in [0.05, 0.1) is 12.7 Å². The van der Waals surface area contributed by atoms with Crippen molar-refractivity contribution < 1.29 is 9.84 Å². The minimum Gasteiger partial charge on any atom is -0.493 e. The molecule has 1 aliphatic heterocycles. The first-order valence-electron chi connectivity index (χ1n) is 6.22. The topological polar surface area (TPSA) is 55.5 Å². The number of nitrogens with two attached hydrogens (primary N) is 1. The van der Waals surface area contributed by atoms with E-state index in [1.54, 1.807) is 0 Å². The zero-order valence-electron chi connectivity index (χ0n) is 10.7. The van der Waals surface area contributed by atoms with Crippen molar-refractivity contribution in [1.82, 2.24) is 0 Å². The van der Waals surface area contributed by atoms with E-state index in [0.29, 0.717) is 18.9 Å². The standard InChI is InChI=1S/C14H21NO2/c1-8(2)10-5-4-9(3)12-13(16)11(15)6-7-17-14(10)12/h4-5,8,11,13,16H,6-7,15H2,1-3H3. The number of ether oxygens (including phenoxy) is 1. The second-order valence-electron chi connectivity index (χ2n) is 5.12. The molecule has 1 heterocycles. The fourth-order valence-corrected chi connectivity index (χ4v) is 2.37. The van der Waals surface area contributed by atoms with Gasteiger partial charge < -0.3 is 15.6 Å². The molecule has 0 spiro atoms. The summed E-state index contributed by atoms with van der Waals surface area (Å²) in [6.07, 6.45) is 0.0681. The van der Waals surface area contributed by atoms with Gasteiger partial charge in [0.15, 0.2) is 0 Å². The monoisotopic (exact) mass is 235 g/mol. The Labute approximate surface area is 103 Å². The molecule has 94 valence electrons. The molecule has 1 aliphatic rings. The highest BCUT2D eigenvalue weighted by Gasteiger charge is 2.28. The molecule has 0 radical (unpaired) electrons. The largest absolute Gasteiger partial charge is 0.493 e. The molecule has 3 nitrogen and oxygen atoms in total. The molecule has 17 heavy (non-hydrogen) atoms. The van der Waals surface area contributed by atoms with Crippen LogP contribution in [0.25, 0.3) is 0 Å². The van der Waals surface area contributed by atoms with Crippen LogP contribution in [0.5, 0.6) is 5.75 Å². The third-order valence-corrected chi connectivity index (χ3v) is 3.47. The molecule has 2 atom stereocenters. The van der Waals surface area contributed by atoms with Crippen molar-refractivity contribution in [2.75, 3.05) is 6.61 Å². The number of hydrogen-bond donors (Lipinski definition) is 2. The molecule has 0 amide bonds. The van der Waals surface area contributed by atoms with Crippen LogP contribution in [0.15, 0.2) is 12.1 Å². The Morgan fingerprint density at radius 1 is 1.41 bits per heavy atom. The minimum atomic E-state index is -0.619. The quantitative estimate of drug-likeness (QED) is 0.785. The van der Waals surface area contributed by atoms with Crippen LogP contribution in [0, 0.1) is 6.92 Å². The zero-order valence-corrected chi connectivity index (χ0v) is 10.7. The summed E-state index contributed by atoms with van der Waals surface area (Å²) < 4.78 is 5.82. The van der Waals surface area contributed by atoms with Gasteiger partial charge in [0.25, 0.3) is 0 Å². The Kier molecular flexibility index (Phi) is 3.40. The molecule has 1 aromatic carbocycles. The van der Waals surface area contributed by atoms with Gasteiger partial charge in [0, 0.05) is 11.6 Å². The second kappa shape index (κ2) is 4.67. The van der Waals surface area contributed by atoms with Gasteiger partial charge in [-0.2, -0.15) is 0 Å². The Bertz CT molecular complexity index is 415. The fourth-order valence-electron chi connectivity index (χ4n) is 2.37. The van der Waals surface area contributed by atoms with E-state index in [1.165, 1.54) is 0 Å². The smallest absolute Gasteiger partial charge is 0.128 e. The van der Waals surface area contributed by atoms with Gasteiger partial charge in [-0.1, -0.05) is 26.0 Å². The van der Waals surface area contributed by atoms with E-state index in [9.17, 15) is 5.11 Å². The van der Waals surface area contributed by atoms with E-state index in [2.05, 4.69) is 19.9 Å². The molecular weight excluding hydrogens is 214 g/mol. The number of benzene rings is 1. The normalized spacial score (nSPS) is 24.1. The van der Waals surface area contributed by atoms with Crippen molar-refractivity contribution in [1.29, 1.82) is 0 Å². The highest BCUT2D eigenvalue weighted by Crippen LogP contribution is 2.39.